The van der Waals surface area contributed by atoms with Crippen molar-refractivity contribution in [2.75, 3.05) is 31.3 Å². The van der Waals surface area contributed by atoms with Crippen molar-refractivity contribution in [1.29, 1.82) is 0 Å². The van der Waals surface area contributed by atoms with Crippen LogP contribution in [0.1, 0.15) is 39.4 Å². The van der Waals surface area contributed by atoms with Gasteiger partial charge in [0, 0.05) is 30.9 Å². The first kappa shape index (κ1) is 16.6. The summed E-state index contributed by atoms with van der Waals surface area (Å²) >= 11 is 0. The molecule has 0 atom stereocenters. The highest BCUT2D eigenvalue weighted by molar-refractivity contribution is 5.64. The largest absolute Gasteiger partial charge is 0.394 e. The van der Waals surface area contributed by atoms with E-state index in [1.54, 1.807) is 6.20 Å². The van der Waals surface area contributed by atoms with Gasteiger partial charge in [-0.05, 0) is 13.8 Å². The number of aliphatic hydroxyl groups excluding tert-OH is 1. The van der Waals surface area contributed by atoms with Crippen LogP contribution < -0.4 is 4.90 Å². The van der Waals surface area contributed by atoms with Gasteiger partial charge >= 0.3 is 0 Å². The number of ether oxygens (including phenoxy) is 1. The Balaban J connectivity index is 2.29. The minimum Gasteiger partial charge on any atom is -0.394 e. The lowest BCUT2D eigenvalue weighted by Crippen LogP contribution is -2.35. The second kappa shape index (κ2) is 7.51. The van der Waals surface area contributed by atoms with Crippen molar-refractivity contribution in [2.45, 2.75) is 39.7 Å². The summed E-state index contributed by atoms with van der Waals surface area (Å²) in [6.45, 7) is 10.0. The SMILES string of the molecule is CC(C)c1nnc2c(N(CCOCCO)C(C)C)nccn12. The smallest absolute Gasteiger partial charge is 0.203 e. The summed E-state index contributed by atoms with van der Waals surface area (Å²) in [5.41, 5.74) is 0.766. The maximum atomic E-state index is 8.78. The van der Waals surface area contributed by atoms with Crippen molar-refractivity contribution in [3.8, 4) is 0 Å². The summed E-state index contributed by atoms with van der Waals surface area (Å²) in [5, 5.41) is 17.4. The minimum absolute atomic E-state index is 0.0391. The maximum Gasteiger partial charge on any atom is 0.203 e. The molecule has 7 nitrogen and oxygen atoms in total. The van der Waals surface area contributed by atoms with Gasteiger partial charge in [0.1, 0.15) is 5.82 Å². The molecule has 0 aliphatic carbocycles. The molecular formula is C15H25N5O2. The number of hydrogen-bond acceptors (Lipinski definition) is 6. The Labute approximate surface area is 130 Å². The Morgan fingerprint density at radius 3 is 2.64 bits per heavy atom. The van der Waals surface area contributed by atoms with E-state index in [2.05, 4.69) is 47.8 Å². The van der Waals surface area contributed by atoms with Gasteiger partial charge in [0.15, 0.2) is 5.82 Å². The number of rotatable bonds is 8. The number of aromatic nitrogens is 4. The third kappa shape index (κ3) is 3.53. The van der Waals surface area contributed by atoms with Crippen molar-refractivity contribution in [2.24, 2.45) is 0 Å². The van der Waals surface area contributed by atoms with Crippen molar-refractivity contribution in [3.05, 3.63) is 18.2 Å². The molecule has 0 aliphatic rings. The molecule has 0 unspecified atom stereocenters. The molecule has 7 heteroatoms. The molecule has 0 spiro atoms. The van der Waals surface area contributed by atoms with Gasteiger partial charge in [0.2, 0.25) is 5.65 Å². The maximum absolute atomic E-state index is 8.78. The van der Waals surface area contributed by atoms with Crippen LogP contribution in [0.5, 0.6) is 0 Å². The van der Waals surface area contributed by atoms with E-state index in [0.29, 0.717) is 25.7 Å². The number of nitrogens with zero attached hydrogens (tertiary/aromatic N) is 5. The summed E-state index contributed by atoms with van der Waals surface area (Å²) < 4.78 is 7.38. The van der Waals surface area contributed by atoms with E-state index in [1.807, 2.05) is 10.6 Å². The quantitative estimate of drug-likeness (QED) is 0.744. The van der Waals surface area contributed by atoms with Crippen molar-refractivity contribution in [1.82, 2.24) is 19.6 Å². The minimum atomic E-state index is 0.0391. The highest BCUT2D eigenvalue weighted by Crippen LogP contribution is 2.22. The highest BCUT2D eigenvalue weighted by Gasteiger charge is 2.19. The molecule has 1 N–H and O–H groups in total. The fourth-order valence-corrected chi connectivity index (χ4v) is 2.37. The number of hydrogen-bond donors (Lipinski definition) is 1. The molecule has 0 bridgehead atoms. The molecule has 0 radical (unpaired) electrons. The molecule has 2 heterocycles. The molecule has 22 heavy (non-hydrogen) atoms. The lowest BCUT2D eigenvalue weighted by molar-refractivity contribution is 0.0960. The number of aliphatic hydroxyl groups is 1. The van der Waals surface area contributed by atoms with Crippen LogP contribution in [0.15, 0.2) is 12.4 Å². The fraction of sp³-hybridized carbons (Fsp3) is 0.667. The fourth-order valence-electron chi connectivity index (χ4n) is 2.37. The van der Waals surface area contributed by atoms with Crippen LogP contribution in [0, 0.1) is 0 Å². The van der Waals surface area contributed by atoms with Crippen LogP contribution in [0.4, 0.5) is 5.82 Å². The zero-order valence-corrected chi connectivity index (χ0v) is 13.7. The summed E-state index contributed by atoms with van der Waals surface area (Å²) in [5.74, 6) is 2.04. The molecule has 0 amide bonds. The van der Waals surface area contributed by atoms with Crippen LogP contribution in [0.2, 0.25) is 0 Å². The summed E-state index contributed by atoms with van der Waals surface area (Å²) in [6, 6.07) is 0.260. The number of anilines is 1. The average Bonchev–Trinajstić information content (AvgIpc) is 2.91. The predicted octanol–water partition coefficient (Wildman–Crippen LogP) is 1.47. The van der Waals surface area contributed by atoms with Crippen molar-refractivity contribution in [3.63, 3.8) is 0 Å². The topological polar surface area (TPSA) is 75.8 Å². The molecule has 0 aliphatic heterocycles. The summed E-state index contributed by atoms with van der Waals surface area (Å²) in [7, 11) is 0. The number of fused-ring (bicyclic) bond motifs is 1. The lowest BCUT2D eigenvalue weighted by atomic mass is 10.2. The normalized spacial score (nSPS) is 11.8. The van der Waals surface area contributed by atoms with E-state index in [9.17, 15) is 0 Å². The van der Waals surface area contributed by atoms with Gasteiger partial charge in [-0.1, -0.05) is 13.8 Å². The third-order valence-electron chi connectivity index (χ3n) is 3.46. The van der Waals surface area contributed by atoms with Gasteiger partial charge in [0.05, 0.1) is 19.8 Å². The van der Waals surface area contributed by atoms with E-state index in [0.717, 1.165) is 17.3 Å². The van der Waals surface area contributed by atoms with E-state index in [-0.39, 0.29) is 12.6 Å². The lowest BCUT2D eigenvalue weighted by Gasteiger charge is -2.27. The van der Waals surface area contributed by atoms with Crippen LogP contribution in [-0.2, 0) is 4.74 Å². The second-order valence-corrected chi connectivity index (χ2v) is 5.78. The van der Waals surface area contributed by atoms with E-state index < -0.39 is 0 Å². The highest BCUT2D eigenvalue weighted by atomic mass is 16.5. The molecule has 0 saturated heterocycles. The van der Waals surface area contributed by atoms with Crippen molar-refractivity contribution >= 4 is 11.5 Å². The van der Waals surface area contributed by atoms with Gasteiger partial charge in [-0.15, -0.1) is 10.2 Å². The van der Waals surface area contributed by atoms with Gasteiger partial charge in [-0.3, -0.25) is 4.40 Å². The Kier molecular flexibility index (Phi) is 5.68. The van der Waals surface area contributed by atoms with Crippen LogP contribution in [0.3, 0.4) is 0 Å². The second-order valence-electron chi connectivity index (χ2n) is 5.78. The molecule has 122 valence electrons. The first-order valence-corrected chi connectivity index (χ1v) is 7.71. The standard InChI is InChI=1S/C15H25N5O2/c1-11(2)13-17-18-15-14(16-5-6-20(13)15)19(12(3)4)7-9-22-10-8-21/h5-6,11-12,21H,7-10H2,1-4H3. The Bertz CT molecular complexity index is 597. The first-order chi connectivity index (χ1) is 10.6. The first-order valence-electron chi connectivity index (χ1n) is 7.71. The van der Waals surface area contributed by atoms with Crippen LogP contribution in [0.25, 0.3) is 5.65 Å². The van der Waals surface area contributed by atoms with Crippen molar-refractivity contribution < 1.29 is 9.84 Å². The zero-order chi connectivity index (χ0) is 16.1. The molecule has 2 rings (SSSR count). The Morgan fingerprint density at radius 1 is 1.23 bits per heavy atom. The van der Waals surface area contributed by atoms with Gasteiger partial charge < -0.3 is 14.7 Å². The van der Waals surface area contributed by atoms with Crippen LogP contribution >= 0.6 is 0 Å². The predicted molar refractivity (Wildman–Crippen MR) is 85.3 cm³/mol. The molecule has 0 aromatic carbocycles. The third-order valence-corrected chi connectivity index (χ3v) is 3.46. The average molecular weight is 307 g/mol. The summed E-state index contributed by atoms with van der Waals surface area (Å²) in [4.78, 5) is 6.64. The monoisotopic (exact) mass is 307 g/mol. The molecule has 0 fully saturated rings. The van der Waals surface area contributed by atoms with E-state index in [4.69, 9.17) is 9.84 Å². The van der Waals surface area contributed by atoms with Gasteiger partial charge in [-0.2, -0.15) is 0 Å². The van der Waals surface area contributed by atoms with E-state index in [1.165, 1.54) is 0 Å². The van der Waals surface area contributed by atoms with Gasteiger partial charge in [-0.25, -0.2) is 4.98 Å². The molecular weight excluding hydrogens is 282 g/mol. The van der Waals surface area contributed by atoms with Gasteiger partial charge in [0.25, 0.3) is 0 Å². The Hall–Kier alpha value is -1.73. The van der Waals surface area contributed by atoms with E-state index >= 15 is 0 Å². The van der Waals surface area contributed by atoms with Crippen LogP contribution in [-0.4, -0.2) is 57.1 Å². The Morgan fingerprint density at radius 2 is 2.00 bits per heavy atom. The molecule has 2 aromatic heterocycles. The molecule has 2 aromatic rings. The summed E-state index contributed by atoms with van der Waals surface area (Å²) in [6.07, 6.45) is 3.68. The zero-order valence-electron chi connectivity index (χ0n) is 13.7. The molecule has 0 saturated carbocycles.